The lowest BCUT2D eigenvalue weighted by Gasteiger charge is -2.32. The molecule has 2 fully saturated rings. The summed E-state index contributed by atoms with van der Waals surface area (Å²) >= 11 is 0. The molecular weight excluding hydrogens is 298 g/mol. The van der Waals surface area contributed by atoms with Gasteiger partial charge in [-0.25, -0.2) is 4.39 Å². The molecule has 1 aliphatic carbocycles. The van der Waals surface area contributed by atoms with E-state index < -0.39 is 18.3 Å². The van der Waals surface area contributed by atoms with Gasteiger partial charge in [0.2, 0.25) is 5.89 Å². The topological polar surface area (TPSA) is 57.4 Å². The summed E-state index contributed by atoms with van der Waals surface area (Å²) in [6.07, 6.45) is 1.18. The zero-order valence-electron chi connectivity index (χ0n) is 14.6. The van der Waals surface area contributed by atoms with Gasteiger partial charge in [-0.3, -0.25) is 0 Å². The largest absolute Gasteiger partial charge is 0.525 e. The molecular formula is C16H24BFN2O3. The summed E-state index contributed by atoms with van der Waals surface area (Å²) in [5.41, 5.74) is -0.631. The van der Waals surface area contributed by atoms with Crippen LogP contribution in [-0.2, 0) is 9.31 Å². The number of hydrogen-bond acceptors (Lipinski definition) is 5. The molecule has 0 aromatic carbocycles. The van der Waals surface area contributed by atoms with Gasteiger partial charge >= 0.3 is 7.12 Å². The molecule has 0 radical (unpaired) electrons. The number of hydrogen-bond donors (Lipinski definition) is 0. The van der Waals surface area contributed by atoms with Crippen molar-refractivity contribution in [3.8, 4) is 0 Å². The predicted octanol–water partition coefficient (Wildman–Crippen LogP) is 3.93. The molecule has 0 spiro atoms. The molecule has 0 bridgehead atoms. The molecule has 1 aromatic rings. The summed E-state index contributed by atoms with van der Waals surface area (Å²) in [5.74, 6) is 1.62. The Balaban J connectivity index is 1.67. The van der Waals surface area contributed by atoms with Gasteiger partial charge in [0.25, 0.3) is 0 Å². The molecule has 0 amide bonds. The Hall–Kier alpha value is -1.21. The van der Waals surface area contributed by atoms with E-state index in [0.717, 1.165) is 5.57 Å². The highest BCUT2D eigenvalue weighted by Gasteiger charge is 2.54. The zero-order chi connectivity index (χ0) is 17.0. The van der Waals surface area contributed by atoms with Crippen LogP contribution in [-0.4, -0.2) is 28.5 Å². The van der Waals surface area contributed by atoms with Crippen molar-refractivity contribution in [2.75, 3.05) is 0 Å². The van der Waals surface area contributed by atoms with E-state index in [2.05, 4.69) is 10.1 Å². The second kappa shape index (κ2) is 5.41. The van der Waals surface area contributed by atoms with E-state index in [1.54, 1.807) is 0 Å². The van der Waals surface area contributed by atoms with Crippen LogP contribution in [0.1, 0.15) is 77.9 Å². The molecule has 0 unspecified atom stereocenters. The van der Waals surface area contributed by atoms with Gasteiger partial charge in [0.15, 0.2) is 5.82 Å². The normalized spacial score (nSPS) is 25.8. The van der Waals surface area contributed by atoms with Crippen molar-refractivity contribution in [3.05, 3.63) is 23.0 Å². The standard InChI is InChI=1S/C16H24BFN2O3/c1-9(2)14-19-13(20-21-14)11-7-10(8-11)12(18)17-22-15(3,4)16(5,6)23-17/h9,11H,7-8H2,1-6H3. The Morgan fingerprint density at radius 3 is 2.22 bits per heavy atom. The first-order valence-corrected chi connectivity index (χ1v) is 8.17. The van der Waals surface area contributed by atoms with Crippen molar-refractivity contribution in [3.63, 3.8) is 0 Å². The van der Waals surface area contributed by atoms with Crippen LogP contribution in [0.3, 0.4) is 0 Å². The van der Waals surface area contributed by atoms with E-state index in [0.29, 0.717) is 24.6 Å². The molecule has 5 nitrogen and oxygen atoms in total. The van der Waals surface area contributed by atoms with E-state index in [1.807, 2.05) is 41.5 Å². The highest BCUT2D eigenvalue weighted by atomic mass is 19.1. The highest BCUT2D eigenvalue weighted by Crippen LogP contribution is 2.45. The first kappa shape index (κ1) is 16.6. The minimum atomic E-state index is -0.910. The van der Waals surface area contributed by atoms with Crippen molar-refractivity contribution in [2.45, 2.75) is 77.4 Å². The van der Waals surface area contributed by atoms with Gasteiger partial charge in [-0.05, 0) is 46.1 Å². The number of rotatable bonds is 3. The summed E-state index contributed by atoms with van der Waals surface area (Å²) in [7, 11) is -0.910. The summed E-state index contributed by atoms with van der Waals surface area (Å²) < 4.78 is 31.3. The minimum absolute atomic E-state index is 0.120. The molecule has 1 aliphatic heterocycles. The van der Waals surface area contributed by atoms with E-state index >= 15 is 0 Å². The Morgan fingerprint density at radius 2 is 1.74 bits per heavy atom. The van der Waals surface area contributed by atoms with Crippen LogP contribution in [0.2, 0.25) is 0 Å². The molecule has 23 heavy (non-hydrogen) atoms. The van der Waals surface area contributed by atoms with Gasteiger partial charge in [0.05, 0.1) is 11.2 Å². The van der Waals surface area contributed by atoms with Crippen LogP contribution in [0.15, 0.2) is 15.8 Å². The average Bonchev–Trinajstić information content (AvgIpc) is 2.91. The summed E-state index contributed by atoms with van der Waals surface area (Å²) in [4.78, 5) is 4.38. The van der Waals surface area contributed by atoms with Crippen molar-refractivity contribution < 1.29 is 18.2 Å². The number of nitrogens with zero attached hydrogens (tertiary/aromatic N) is 2. The fourth-order valence-electron chi connectivity index (χ4n) is 2.67. The number of aromatic nitrogens is 2. The van der Waals surface area contributed by atoms with Crippen LogP contribution >= 0.6 is 0 Å². The van der Waals surface area contributed by atoms with Gasteiger partial charge < -0.3 is 13.8 Å². The first-order chi connectivity index (χ1) is 10.6. The highest BCUT2D eigenvalue weighted by molar-refractivity contribution is 6.53. The molecule has 7 heteroatoms. The van der Waals surface area contributed by atoms with Gasteiger partial charge in [0.1, 0.15) is 5.73 Å². The molecule has 2 heterocycles. The smallest absolute Gasteiger partial charge is 0.398 e. The van der Waals surface area contributed by atoms with E-state index in [9.17, 15) is 4.39 Å². The summed E-state index contributed by atoms with van der Waals surface area (Å²) in [6.45, 7) is 11.7. The number of allylic oxidation sites excluding steroid dienone is 1. The monoisotopic (exact) mass is 322 g/mol. The van der Waals surface area contributed by atoms with Gasteiger partial charge in [-0.1, -0.05) is 19.0 Å². The maximum atomic E-state index is 14.6. The zero-order valence-corrected chi connectivity index (χ0v) is 14.6. The van der Waals surface area contributed by atoms with Gasteiger partial charge in [-0.2, -0.15) is 4.98 Å². The second-order valence-electron chi connectivity index (χ2n) is 7.79. The first-order valence-electron chi connectivity index (χ1n) is 8.17. The third-order valence-corrected chi connectivity index (χ3v) is 5.10. The van der Waals surface area contributed by atoms with Gasteiger partial charge in [0, 0.05) is 11.8 Å². The van der Waals surface area contributed by atoms with Crippen LogP contribution in [0.4, 0.5) is 4.39 Å². The lowest BCUT2D eigenvalue weighted by atomic mass is 9.72. The van der Waals surface area contributed by atoms with Crippen molar-refractivity contribution in [2.24, 2.45) is 0 Å². The Morgan fingerprint density at radius 1 is 1.17 bits per heavy atom. The van der Waals surface area contributed by atoms with Crippen molar-refractivity contribution in [1.29, 1.82) is 0 Å². The Labute approximate surface area is 136 Å². The third kappa shape index (κ3) is 2.85. The fourth-order valence-corrected chi connectivity index (χ4v) is 2.67. The van der Waals surface area contributed by atoms with Crippen molar-refractivity contribution in [1.82, 2.24) is 10.1 Å². The maximum Gasteiger partial charge on any atom is 0.525 e. The molecule has 2 aliphatic rings. The third-order valence-electron chi connectivity index (χ3n) is 5.10. The molecule has 0 N–H and O–H groups in total. The molecule has 1 saturated carbocycles. The Bertz CT molecular complexity index is 615. The predicted molar refractivity (Wildman–Crippen MR) is 84.6 cm³/mol. The SMILES string of the molecule is CC(C)c1nc(C2CC(=C(F)B3OC(C)(C)C(C)(C)O3)C2)no1. The second-order valence-corrected chi connectivity index (χ2v) is 7.79. The van der Waals surface area contributed by atoms with Crippen LogP contribution < -0.4 is 0 Å². The molecule has 0 atom stereocenters. The lowest BCUT2D eigenvalue weighted by molar-refractivity contribution is 0.00578. The van der Waals surface area contributed by atoms with Crippen LogP contribution in [0, 0.1) is 0 Å². The fraction of sp³-hybridized carbons (Fsp3) is 0.750. The minimum Gasteiger partial charge on any atom is -0.398 e. The molecule has 1 aromatic heterocycles. The summed E-state index contributed by atoms with van der Waals surface area (Å²) in [6, 6.07) is 0. The molecule has 3 rings (SSSR count). The van der Waals surface area contributed by atoms with Crippen LogP contribution in [0.5, 0.6) is 0 Å². The van der Waals surface area contributed by atoms with Crippen LogP contribution in [0.25, 0.3) is 0 Å². The van der Waals surface area contributed by atoms with E-state index in [-0.39, 0.29) is 17.6 Å². The quantitative estimate of drug-likeness (QED) is 0.789. The Kier molecular flexibility index (Phi) is 3.92. The lowest BCUT2D eigenvalue weighted by Crippen LogP contribution is -2.41. The van der Waals surface area contributed by atoms with Crippen molar-refractivity contribution >= 4 is 7.12 Å². The maximum absolute atomic E-state index is 14.6. The summed E-state index contributed by atoms with van der Waals surface area (Å²) in [5, 5.41) is 4.00. The van der Waals surface area contributed by atoms with Gasteiger partial charge in [-0.15, -0.1) is 0 Å². The van der Waals surface area contributed by atoms with E-state index in [4.69, 9.17) is 13.8 Å². The van der Waals surface area contributed by atoms with E-state index in [1.165, 1.54) is 0 Å². The molecule has 126 valence electrons. The number of halogens is 1. The molecule has 1 saturated heterocycles. The average molecular weight is 322 g/mol.